The molecule has 0 aromatic heterocycles. The van der Waals surface area contributed by atoms with Gasteiger partial charge in [-0.1, -0.05) is 10.2 Å². The minimum absolute atomic E-state index is 0.0140. The molecule has 334 valence electrons. The second-order valence-electron chi connectivity index (χ2n) is 12.1. The Hall–Kier alpha value is -4.68. The zero-order valence-electron chi connectivity index (χ0n) is 33.4. The van der Waals surface area contributed by atoms with Crippen molar-refractivity contribution in [3.63, 3.8) is 0 Å². The average Bonchev–Trinajstić information content (AvgIpc) is 3.53. The summed E-state index contributed by atoms with van der Waals surface area (Å²) in [5, 5.41) is 15.3. The second-order valence-corrected chi connectivity index (χ2v) is 12.1. The molecule has 59 heavy (non-hydrogen) atoms. The van der Waals surface area contributed by atoms with Crippen molar-refractivity contribution >= 4 is 35.5 Å². The summed E-state index contributed by atoms with van der Waals surface area (Å²) >= 11 is 0. The predicted octanol–water partition coefficient (Wildman–Crippen LogP) is 0.0147. The summed E-state index contributed by atoms with van der Waals surface area (Å²) < 4.78 is 43.2. The van der Waals surface area contributed by atoms with Crippen LogP contribution in [0.3, 0.4) is 0 Å². The molecule has 0 radical (unpaired) electrons. The van der Waals surface area contributed by atoms with E-state index in [1.807, 2.05) is 0 Å². The van der Waals surface area contributed by atoms with Gasteiger partial charge in [-0.25, -0.2) is 4.79 Å². The number of hydroxylamine groups is 2. The molecule has 0 saturated carbocycles. The molecule has 25 heteroatoms. The molecule has 25 nitrogen and oxygen atoms in total. The van der Waals surface area contributed by atoms with Gasteiger partial charge in [0.1, 0.15) is 0 Å². The molecule has 3 N–H and O–H groups in total. The largest absolute Gasteiger partial charge is 0.379 e. The van der Waals surface area contributed by atoms with Crippen LogP contribution in [0.1, 0.15) is 44.9 Å². The first-order chi connectivity index (χ1) is 28.8. The molecule has 1 rings (SSSR count). The number of carbonyl (C=O) groups excluding carboxylic acids is 6. The van der Waals surface area contributed by atoms with Gasteiger partial charge < -0.3 is 58.7 Å². The van der Waals surface area contributed by atoms with E-state index < -0.39 is 29.7 Å². The third-order valence-corrected chi connectivity index (χ3v) is 7.36. The number of imide groups is 1. The van der Waals surface area contributed by atoms with Crippen molar-refractivity contribution in [3.05, 3.63) is 20.9 Å². The van der Waals surface area contributed by atoms with Crippen molar-refractivity contribution in [2.24, 2.45) is 10.2 Å². The summed E-state index contributed by atoms with van der Waals surface area (Å²) in [5.74, 6) is -2.99. The monoisotopic (exact) mass is 846 g/mol. The zero-order chi connectivity index (χ0) is 43.0. The molecule has 1 saturated heterocycles. The lowest BCUT2D eigenvalue weighted by Crippen LogP contribution is -2.42. The average molecular weight is 847 g/mol. The van der Waals surface area contributed by atoms with Gasteiger partial charge in [0.2, 0.25) is 17.7 Å². The first kappa shape index (κ1) is 52.3. The Morgan fingerprint density at radius 1 is 0.559 bits per heavy atom. The fourth-order valence-electron chi connectivity index (χ4n) is 4.50. The number of hydrogen-bond acceptors (Lipinski definition) is 17. The molecule has 5 amide bonds. The van der Waals surface area contributed by atoms with Gasteiger partial charge in [-0.2, -0.15) is 0 Å². The van der Waals surface area contributed by atoms with Crippen LogP contribution in [0.2, 0.25) is 0 Å². The quantitative estimate of drug-likeness (QED) is 0.0241. The zero-order valence-corrected chi connectivity index (χ0v) is 33.4. The molecule has 0 bridgehead atoms. The summed E-state index contributed by atoms with van der Waals surface area (Å²) in [5.41, 5.74) is 16.4. The van der Waals surface area contributed by atoms with Gasteiger partial charge in [-0.3, -0.25) is 24.0 Å². The highest BCUT2D eigenvalue weighted by atomic mass is 16.7. The third kappa shape index (κ3) is 31.9. The van der Waals surface area contributed by atoms with Crippen molar-refractivity contribution in [2.75, 3.05) is 132 Å². The second kappa shape index (κ2) is 37.6. The molecule has 0 aromatic carbocycles. The Morgan fingerprint density at radius 2 is 0.983 bits per heavy atom. The Kier molecular flexibility index (Phi) is 33.3. The highest BCUT2D eigenvalue weighted by molar-refractivity contribution is 6.01. The number of amides is 5. The lowest BCUT2D eigenvalue weighted by molar-refractivity contribution is -0.197. The number of ether oxygens (including phenoxy) is 8. The van der Waals surface area contributed by atoms with Crippen LogP contribution in [-0.2, 0) is 71.5 Å². The predicted molar refractivity (Wildman–Crippen MR) is 203 cm³/mol. The van der Waals surface area contributed by atoms with Crippen molar-refractivity contribution in [3.8, 4) is 0 Å². The summed E-state index contributed by atoms with van der Waals surface area (Å²) in [6.45, 7) is 5.15. The minimum Gasteiger partial charge on any atom is -0.379 e. The fraction of sp³-hybridized carbons (Fsp3) is 0.824. The smallest absolute Gasteiger partial charge is 0.333 e. The Balaban J connectivity index is 2.29. The number of nitrogens with zero attached hydrogens (tertiary/aromatic N) is 7. The number of hydrogen-bond donors (Lipinski definition) is 3. The van der Waals surface area contributed by atoms with Gasteiger partial charge in [0.15, 0.2) is 0 Å². The van der Waals surface area contributed by atoms with Crippen LogP contribution in [0.4, 0.5) is 0 Å². The number of carbonyl (C=O) groups is 6. The van der Waals surface area contributed by atoms with E-state index in [0.29, 0.717) is 71.1 Å². The van der Waals surface area contributed by atoms with Crippen LogP contribution in [0.15, 0.2) is 10.2 Å². The molecular formula is C34H58N10O15. The van der Waals surface area contributed by atoms with E-state index in [2.05, 4.69) is 36.0 Å². The number of nitrogens with one attached hydrogen (secondary N) is 3. The van der Waals surface area contributed by atoms with Crippen molar-refractivity contribution < 1.29 is 71.5 Å². The number of azide groups is 2. The molecule has 1 fully saturated rings. The normalized spacial score (nSPS) is 12.7. The Bertz CT molecular complexity index is 1240. The van der Waals surface area contributed by atoms with Gasteiger partial charge in [0.25, 0.3) is 11.8 Å². The topological polar surface area (TPSA) is 322 Å². The standard InChI is InChI=1S/C34H58N10O15/c35-42-39-10-16-53-20-24-55-22-18-51-14-8-37-29(45)6-12-57-26-28(41-31(47)2-1-3-34(50)59-44-32(48)4-5-33(44)49)27-58-13-7-30(46)38-9-15-52-19-23-56-25-21-54-17-11-40-43-36/h28H,1-27H2,(H,37,45)(H,38,46)(H,41,47). The first-order valence-corrected chi connectivity index (χ1v) is 19.3. The van der Waals surface area contributed by atoms with Gasteiger partial charge >= 0.3 is 5.97 Å². The van der Waals surface area contributed by atoms with Gasteiger partial charge in [-0.05, 0) is 17.5 Å². The number of rotatable bonds is 40. The summed E-state index contributed by atoms with van der Waals surface area (Å²) in [7, 11) is 0. The molecule has 0 unspecified atom stereocenters. The third-order valence-electron chi connectivity index (χ3n) is 7.36. The summed E-state index contributed by atoms with van der Waals surface area (Å²) in [6, 6.07) is -0.653. The van der Waals surface area contributed by atoms with Crippen LogP contribution >= 0.6 is 0 Å². The van der Waals surface area contributed by atoms with Crippen LogP contribution in [0.5, 0.6) is 0 Å². The SMILES string of the molecule is [N-]=[N+]=NCCOCCOCCOCCNC(=O)CCOCC(COCCC(=O)NCCOCCOCCOCCN=[N+]=[N-])NC(=O)CCCC(=O)ON1C(=O)CCC1=O. The maximum Gasteiger partial charge on any atom is 0.333 e. The molecule has 1 heterocycles. The maximum absolute atomic E-state index is 12.7. The van der Waals surface area contributed by atoms with Gasteiger partial charge in [-0.15, -0.1) is 5.06 Å². The summed E-state index contributed by atoms with van der Waals surface area (Å²) in [4.78, 5) is 82.6. The molecule has 1 aliphatic rings. The van der Waals surface area contributed by atoms with Crippen LogP contribution in [0, 0.1) is 0 Å². The Morgan fingerprint density at radius 3 is 1.42 bits per heavy atom. The van der Waals surface area contributed by atoms with E-state index >= 15 is 0 Å². The molecule has 0 atom stereocenters. The van der Waals surface area contributed by atoms with Gasteiger partial charge in [0.05, 0.1) is 112 Å². The molecule has 0 aromatic rings. The summed E-state index contributed by atoms with van der Waals surface area (Å²) in [6.07, 6.45) is -0.184. The lowest BCUT2D eigenvalue weighted by Gasteiger charge is -2.19. The van der Waals surface area contributed by atoms with E-state index in [4.69, 9.17) is 53.8 Å². The van der Waals surface area contributed by atoms with Gasteiger partial charge in [0, 0.05) is 74.5 Å². The van der Waals surface area contributed by atoms with E-state index in [-0.39, 0.29) is 123 Å². The molecular weight excluding hydrogens is 788 g/mol. The molecule has 0 aliphatic carbocycles. The highest BCUT2D eigenvalue weighted by Crippen LogP contribution is 2.13. The maximum atomic E-state index is 12.7. The van der Waals surface area contributed by atoms with Crippen molar-refractivity contribution in [2.45, 2.75) is 51.0 Å². The van der Waals surface area contributed by atoms with Crippen molar-refractivity contribution in [1.29, 1.82) is 0 Å². The van der Waals surface area contributed by atoms with E-state index in [0.717, 1.165) is 0 Å². The lowest BCUT2D eigenvalue weighted by atomic mass is 10.2. The van der Waals surface area contributed by atoms with Crippen LogP contribution < -0.4 is 16.0 Å². The molecule has 1 aliphatic heterocycles. The van der Waals surface area contributed by atoms with E-state index in [9.17, 15) is 28.8 Å². The van der Waals surface area contributed by atoms with Crippen LogP contribution in [0.25, 0.3) is 20.9 Å². The van der Waals surface area contributed by atoms with E-state index in [1.165, 1.54) is 0 Å². The Labute approximate surface area is 341 Å². The van der Waals surface area contributed by atoms with E-state index in [1.54, 1.807) is 0 Å². The molecule has 0 spiro atoms. The highest BCUT2D eigenvalue weighted by Gasteiger charge is 2.32. The fourth-order valence-corrected chi connectivity index (χ4v) is 4.50. The first-order valence-electron chi connectivity index (χ1n) is 19.3. The van der Waals surface area contributed by atoms with Crippen LogP contribution in [-0.4, -0.2) is 178 Å². The van der Waals surface area contributed by atoms with Crippen molar-refractivity contribution in [1.82, 2.24) is 21.0 Å². The minimum atomic E-state index is -0.820.